The highest BCUT2D eigenvalue weighted by atomic mass is 127. The number of rotatable bonds is 2. The van der Waals surface area contributed by atoms with Crippen LogP contribution >= 0.6 is 22.6 Å². The fraction of sp³-hybridized carbons (Fsp3) is 0.684. The average Bonchev–Trinajstić information content (AvgIpc) is 2.77. The minimum atomic E-state index is -3.57. The first-order valence-corrected chi connectivity index (χ1v) is 12.1. The molecule has 1 aliphatic carbocycles. The molecule has 4 rings (SSSR count). The topological polar surface area (TPSA) is 55.8 Å². The first kappa shape index (κ1) is 19.1. The summed E-state index contributed by atoms with van der Waals surface area (Å²) in [6, 6.07) is 7.09. The maximum Gasteiger partial charge on any atom is 0.243 e. The maximum atomic E-state index is 13.4. The Labute approximate surface area is 169 Å². The summed E-state index contributed by atoms with van der Waals surface area (Å²) < 4.78 is 41.4. The van der Waals surface area contributed by atoms with Crippen molar-refractivity contribution in [1.29, 1.82) is 0 Å². The molecule has 0 amide bonds. The summed E-state index contributed by atoms with van der Waals surface area (Å²) in [4.78, 5) is 0.364. The van der Waals surface area contributed by atoms with Crippen molar-refractivity contribution in [2.45, 2.75) is 59.7 Å². The Morgan fingerprint density at radius 1 is 1.08 bits per heavy atom. The van der Waals surface area contributed by atoms with Crippen molar-refractivity contribution in [2.24, 2.45) is 5.92 Å². The summed E-state index contributed by atoms with van der Waals surface area (Å²) in [6.07, 6.45) is 4.95. The van der Waals surface area contributed by atoms with E-state index in [-0.39, 0.29) is 12.0 Å². The zero-order valence-electron chi connectivity index (χ0n) is 15.1. The second-order valence-electron chi connectivity index (χ2n) is 7.62. The van der Waals surface area contributed by atoms with E-state index in [0.29, 0.717) is 28.6 Å². The molecule has 0 unspecified atom stereocenters. The second kappa shape index (κ2) is 7.31. The minimum absolute atomic E-state index is 0.0462. The van der Waals surface area contributed by atoms with Crippen molar-refractivity contribution in [3.8, 4) is 0 Å². The quantitative estimate of drug-likeness (QED) is 0.470. The lowest BCUT2D eigenvalue weighted by molar-refractivity contribution is -0.239. The Bertz CT molecular complexity index is 743. The van der Waals surface area contributed by atoms with Gasteiger partial charge in [0, 0.05) is 15.9 Å². The molecule has 144 valence electrons. The fourth-order valence-electron chi connectivity index (χ4n) is 4.58. The van der Waals surface area contributed by atoms with Crippen molar-refractivity contribution in [2.75, 3.05) is 19.8 Å². The zero-order valence-corrected chi connectivity index (χ0v) is 18.0. The van der Waals surface area contributed by atoms with Crippen LogP contribution in [-0.2, 0) is 19.5 Å². The normalized spacial score (nSPS) is 32.3. The predicted octanol–water partition coefficient (Wildman–Crippen LogP) is 3.49. The third-order valence-corrected chi connectivity index (χ3v) is 9.18. The van der Waals surface area contributed by atoms with E-state index in [0.717, 1.165) is 37.7 Å². The third kappa shape index (κ3) is 3.23. The van der Waals surface area contributed by atoms with Crippen LogP contribution in [0.4, 0.5) is 0 Å². The van der Waals surface area contributed by atoms with Crippen molar-refractivity contribution in [1.82, 2.24) is 4.31 Å². The first-order valence-electron chi connectivity index (χ1n) is 9.45. The van der Waals surface area contributed by atoms with Gasteiger partial charge in [0.1, 0.15) is 0 Å². The van der Waals surface area contributed by atoms with Crippen LogP contribution in [0.3, 0.4) is 0 Å². The van der Waals surface area contributed by atoms with Crippen LogP contribution < -0.4 is 0 Å². The van der Waals surface area contributed by atoms with E-state index in [1.807, 2.05) is 19.1 Å². The van der Waals surface area contributed by atoms with Crippen molar-refractivity contribution >= 4 is 32.6 Å². The van der Waals surface area contributed by atoms with Crippen LogP contribution in [0.25, 0.3) is 0 Å². The number of benzene rings is 1. The number of aryl methyl sites for hydroxylation is 1. The van der Waals surface area contributed by atoms with Gasteiger partial charge in [0.05, 0.1) is 24.7 Å². The van der Waals surface area contributed by atoms with Crippen molar-refractivity contribution < 1.29 is 17.9 Å². The highest BCUT2D eigenvalue weighted by molar-refractivity contribution is 14.1. The molecule has 1 spiro atoms. The molecule has 3 fully saturated rings. The molecule has 2 saturated heterocycles. The van der Waals surface area contributed by atoms with Gasteiger partial charge in [0.25, 0.3) is 0 Å². The molecule has 1 aromatic carbocycles. The molecule has 0 aromatic heterocycles. The molecular weight excluding hydrogens is 465 g/mol. The second-order valence-corrected chi connectivity index (χ2v) is 11.1. The van der Waals surface area contributed by atoms with Crippen molar-refractivity contribution in [3.05, 3.63) is 29.8 Å². The Hall–Kier alpha value is -0.220. The van der Waals surface area contributed by atoms with E-state index in [1.165, 1.54) is 0 Å². The van der Waals surface area contributed by atoms with Gasteiger partial charge in [-0.1, -0.05) is 46.7 Å². The lowest BCUT2D eigenvalue weighted by Gasteiger charge is -2.40. The zero-order chi connectivity index (χ0) is 18.4. The standard InChI is InChI=1S/C19H26INO4S/c1-14-7-9-15(10-8-14)26(22,23)21-13-19(24-11-2-3-12-25-19)18-16(20)5-4-6-17(18)21/h7-10,16-18H,2-6,11-13H2,1H3/t16-,17-,18+/m0/s1. The number of nitrogens with zero attached hydrogens (tertiary/aromatic N) is 1. The first-order chi connectivity index (χ1) is 12.4. The Kier molecular flexibility index (Phi) is 5.37. The predicted molar refractivity (Wildman–Crippen MR) is 108 cm³/mol. The molecule has 1 saturated carbocycles. The largest absolute Gasteiger partial charge is 0.348 e. The molecule has 5 nitrogen and oxygen atoms in total. The summed E-state index contributed by atoms with van der Waals surface area (Å²) in [5, 5.41) is 0. The van der Waals surface area contributed by atoms with Gasteiger partial charge in [-0.15, -0.1) is 0 Å². The van der Waals surface area contributed by atoms with Gasteiger partial charge >= 0.3 is 0 Å². The smallest absolute Gasteiger partial charge is 0.243 e. The van der Waals surface area contributed by atoms with Crippen LogP contribution in [0.1, 0.15) is 37.7 Å². The Balaban J connectivity index is 1.73. The van der Waals surface area contributed by atoms with Gasteiger partial charge in [-0.25, -0.2) is 8.42 Å². The van der Waals surface area contributed by atoms with Gasteiger partial charge in [-0.3, -0.25) is 0 Å². The number of hydrogen-bond acceptors (Lipinski definition) is 4. The lowest BCUT2D eigenvalue weighted by atomic mass is 9.82. The van der Waals surface area contributed by atoms with E-state index >= 15 is 0 Å². The van der Waals surface area contributed by atoms with E-state index < -0.39 is 15.8 Å². The third-order valence-electron chi connectivity index (χ3n) is 5.90. The summed E-state index contributed by atoms with van der Waals surface area (Å²) in [6.45, 7) is 3.56. The highest BCUT2D eigenvalue weighted by Gasteiger charge is 2.61. The average molecular weight is 491 g/mol. The summed E-state index contributed by atoms with van der Waals surface area (Å²) in [7, 11) is -3.57. The van der Waals surface area contributed by atoms with E-state index in [2.05, 4.69) is 22.6 Å². The van der Waals surface area contributed by atoms with Crippen LogP contribution in [-0.4, -0.2) is 48.2 Å². The molecule has 1 aromatic rings. The lowest BCUT2D eigenvalue weighted by Crippen LogP contribution is -2.49. The number of halogens is 1. The number of ether oxygens (including phenoxy) is 2. The number of alkyl halides is 1. The molecule has 3 aliphatic rings. The summed E-state index contributed by atoms with van der Waals surface area (Å²) in [5.41, 5.74) is 1.06. The van der Waals surface area contributed by atoms with Gasteiger partial charge in [-0.05, 0) is 44.7 Å². The summed E-state index contributed by atoms with van der Waals surface area (Å²) in [5.74, 6) is -0.694. The fourth-order valence-corrected chi connectivity index (χ4v) is 7.74. The number of fused-ring (bicyclic) bond motifs is 2. The molecule has 3 atom stereocenters. The SMILES string of the molecule is Cc1ccc(S(=O)(=O)N2CC3(OCCCCO3)[C@@H]3[C@@H](I)CCC[C@@H]32)cc1. The molecule has 2 heterocycles. The monoisotopic (exact) mass is 491 g/mol. The maximum absolute atomic E-state index is 13.4. The Morgan fingerprint density at radius 3 is 2.38 bits per heavy atom. The molecule has 0 radical (unpaired) electrons. The van der Waals surface area contributed by atoms with Crippen molar-refractivity contribution in [3.63, 3.8) is 0 Å². The number of hydrogen-bond donors (Lipinski definition) is 0. The molecular formula is C19H26INO4S. The molecule has 0 N–H and O–H groups in total. The highest BCUT2D eigenvalue weighted by Crippen LogP contribution is 2.50. The van der Waals surface area contributed by atoms with Crippen LogP contribution in [0, 0.1) is 12.8 Å². The van der Waals surface area contributed by atoms with Gasteiger partial charge in [-0.2, -0.15) is 4.31 Å². The molecule has 2 aliphatic heterocycles. The van der Waals surface area contributed by atoms with E-state index in [4.69, 9.17) is 9.47 Å². The van der Waals surface area contributed by atoms with Gasteiger partial charge in [0.15, 0.2) is 5.79 Å². The van der Waals surface area contributed by atoms with Crippen LogP contribution in [0.2, 0.25) is 0 Å². The minimum Gasteiger partial charge on any atom is -0.348 e. The molecule has 7 heteroatoms. The van der Waals surface area contributed by atoms with Crippen LogP contribution in [0.5, 0.6) is 0 Å². The number of sulfonamides is 1. The van der Waals surface area contributed by atoms with Gasteiger partial charge < -0.3 is 9.47 Å². The Morgan fingerprint density at radius 2 is 1.73 bits per heavy atom. The van der Waals surface area contributed by atoms with Gasteiger partial charge in [0.2, 0.25) is 10.0 Å². The van der Waals surface area contributed by atoms with E-state index in [9.17, 15) is 8.42 Å². The van der Waals surface area contributed by atoms with Crippen LogP contribution in [0.15, 0.2) is 29.2 Å². The van der Waals surface area contributed by atoms with E-state index in [1.54, 1.807) is 16.4 Å². The molecule has 0 bridgehead atoms. The molecule has 26 heavy (non-hydrogen) atoms. The summed E-state index contributed by atoms with van der Waals surface area (Å²) >= 11 is 2.47.